The molecule has 0 fully saturated rings. The number of carbonyl (C=O) groups excluding carboxylic acids is 1. The first-order valence-corrected chi connectivity index (χ1v) is 7.80. The molecule has 6 heteroatoms. The molecule has 1 aliphatic rings. The highest BCUT2D eigenvalue weighted by Crippen LogP contribution is 2.37. The summed E-state index contributed by atoms with van der Waals surface area (Å²) in [5.41, 5.74) is 1.73. The monoisotopic (exact) mass is 345 g/mol. The molecule has 1 heterocycles. The molecule has 0 aromatic heterocycles. The van der Waals surface area contributed by atoms with E-state index in [1.54, 1.807) is 18.2 Å². The van der Waals surface area contributed by atoms with Gasteiger partial charge >= 0.3 is 6.09 Å². The second-order valence-corrected chi connectivity index (χ2v) is 5.48. The quantitative estimate of drug-likeness (QED) is 0.889. The second kappa shape index (κ2) is 7.75. The summed E-state index contributed by atoms with van der Waals surface area (Å²) >= 11 is 6.17. The Hall–Kier alpha value is -2.66. The van der Waals surface area contributed by atoms with Crippen LogP contribution in [0.3, 0.4) is 0 Å². The van der Waals surface area contributed by atoms with Crippen LogP contribution in [0.1, 0.15) is 11.1 Å². The molecule has 1 amide bonds. The van der Waals surface area contributed by atoms with E-state index in [9.17, 15) is 4.79 Å². The highest BCUT2D eigenvalue weighted by molar-refractivity contribution is 6.32. The van der Waals surface area contributed by atoms with Gasteiger partial charge in [-0.15, -0.1) is 0 Å². The van der Waals surface area contributed by atoms with Crippen molar-refractivity contribution >= 4 is 23.8 Å². The van der Waals surface area contributed by atoms with E-state index in [4.69, 9.17) is 25.8 Å². The summed E-state index contributed by atoms with van der Waals surface area (Å²) < 4.78 is 15.7. The number of halogens is 1. The van der Waals surface area contributed by atoms with Crippen molar-refractivity contribution in [3.05, 3.63) is 64.7 Å². The number of hydrogen-bond donors (Lipinski definition) is 1. The zero-order valence-corrected chi connectivity index (χ0v) is 13.6. The first kappa shape index (κ1) is 16.2. The lowest BCUT2D eigenvalue weighted by atomic mass is 10.2. The fraction of sp³-hybridized carbons (Fsp3) is 0.167. The van der Waals surface area contributed by atoms with Crippen molar-refractivity contribution in [3.63, 3.8) is 0 Å². The molecule has 0 saturated heterocycles. The third-order valence-electron chi connectivity index (χ3n) is 3.37. The van der Waals surface area contributed by atoms with Crippen LogP contribution in [0.5, 0.6) is 11.5 Å². The molecular formula is C18H16ClNO4. The van der Waals surface area contributed by atoms with Crippen LogP contribution in [0, 0.1) is 0 Å². The third kappa shape index (κ3) is 4.20. The molecule has 0 saturated carbocycles. The Morgan fingerprint density at radius 1 is 1.21 bits per heavy atom. The Kier molecular flexibility index (Phi) is 5.23. The largest absolute Gasteiger partial charge is 0.454 e. The molecule has 1 N–H and O–H groups in total. The lowest BCUT2D eigenvalue weighted by molar-refractivity contribution is 0.141. The van der Waals surface area contributed by atoms with Gasteiger partial charge in [-0.05, 0) is 17.2 Å². The minimum atomic E-state index is -0.472. The van der Waals surface area contributed by atoms with Gasteiger partial charge in [0.2, 0.25) is 6.79 Å². The Balaban J connectivity index is 1.46. The van der Waals surface area contributed by atoms with Crippen LogP contribution in [-0.4, -0.2) is 19.4 Å². The van der Waals surface area contributed by atoms with Gasteiger partial charge in [-0.1, -0.05) is 54.1 Å². The van der Waals surface area contributed by atoms with E-state index >= 15 is 0 Å². The van der Waals surface area contributed by atoms with E-state index in [1.165, 1.54) is 0 Å². The molecular weight excluding hydrogens is 330 g/mol. The topological polar surface area (TPSA) is 56.8 Å². The average molecular weight is 346 g/mol. The number of benzene rings is 2. The molecule has 124 valence electrons. The number of hydrogen-bond acceptors (Lipinski definition) is 4. The van der Waals surface area contributed by atoms with E-state index in [2.05, 4.69) is 5.32 Å². The average Bonchev–Trinajstić information content (AvgIpc) is 3.05. The molecule has 5 nitrogen and oxygen atoms in total. The maximum Gasteiger partial charge on any atom is 0.407 e. The zero-order chi connectivity index (χ0) is 16.8. The number of fused-ring (bicyclic) bond motifs is 1. The minimum Gasteiger partial charge on any atom is -0.454 e. The van der Waals surface area contributed by atoms with Crippen LogP contribution in [-0.2, 0) is 11.3 Å². The van der Waals surface area contributed by atoms with E-state index in [0.29, 0.717) is 23.1 Å². The van der Waals surface area contributed by atoms with Crippen molar-refractivity contribution in [1.82, 2.24) is 5.32 Å². The fourth-order valence-electron chi connectivity index (χ4n) is 2.16. The Bertz CT molecular complexity index is 746. The highest BCUT2D eigenvalue weighted by atomic mass is 35.5. The van der Waals surface area contributed by atoms with Crippen molar-refractivity contribution in [2.75, 3.05) is 13.3 Å². The summed E-state index contributed by atoms with van der Waals surface area (Å²) in [5.74, 6) is 1.30. The molecule has 2 aromatic rings. The predicted octanol–water partition coefficient (Wildman–Crippen LogP) is 4.01. The van der Waals surface area contributed by atoms with Gasteiger partial charge in [0, 0.05) is 12.6 Å². The number of rotatable bonds is 5. The molecule has 0 aliphatic carbocycles. The first-order valence-electron chi connectivity index (χ1n) is 7.42. The summed E-state index contributed by atoms with van der Waals surface area (Å²) in [6, 6.07) is 13.0. The van der Waals surface area contributed by atoms with Crippen LogP contribution >= 0.6 is 11.6 Å². The molecule has 1 aliphatic heterocycles. The van der Waals surface area contributed by atoms with Crippen molar-refractivity contribution in [3.8, 4) is 11.5 Å². The molecule has 0 radical (unpaired) electrons. The molecule has 0 unspecified atom stereocenters. The molecule has 3 rings (SSSR count). The van der Waals surface area contributed by atoms with E-state index < -0.39 is 6.09 Å². The van der Waals surface area contributed by atoms with Crippen molar-refractivity contribution in [1.29, 1.82) is 0 Å². The molecule has 2 aromatic carbocycles. The van der Waals surface area contributed by atoms with E-state index in [1.807, 2.05) is 36.4 Å². The summed E-state index contributed by atoms with van der Waals surface area (Å²) in [4.78, 5) is 11.6. The maximum atomic E-state index is 11.6. The van der Waals surface area contributed by atoms with Gasteiger partial charge in [-0.2, -0.15) is 0 Å². The Morgan fingerprint density at radius 2 is 1.96 bits per heavy atom. The summed E-state index contributed by atoms with van der Waals surface area (Å²) in [7, 11) is 0. The van der Waals surface area contributed by atoms with Crippen LogP contribution in [0.2, 0.25) is 5.02 Å². The minimum absolute atomic E-state index is 0.202. The van der Waals surface area contributed by atoms with Crippen LogP contribution in [0.15, 0.2) is 48.5 Å². The normalized spacial score (nSPS) is 12.4. The van der Waals surface area contributed by atoms with Crippen LogP contribution < -0.4 is 14.8 Å². The first-order chi connectivity index (χ1) is 11.7. The molecule has 0 atom stereocenters. The molecule has 0 bridgehead atoms. The number of amides is 1. The van der Waals surface area contributed by atoms with Crippen LogP contribution in [0.25, 0.3) is 6.08 Å². The Labute approximate surface area is 144 Å². The summed E-state index contributed by atoms with van der Waals surface area (Å²) in [6.07, 6.45) is 3.12. The fourth-order valence-corrected chi connectivity index (χ4v) is 2.38. The van der Waals surface area contributed by atoms with Gasteiger partial charge < -0.3 is 19.5 Å². The van der Waals surface area contributed by atoms with Crippen molar-refractivity contribution in [2.45, 2.75) is 6.61 Å². The van der Waals surface area contributed by atoms with Crippen molar-refractivity contribution in [2.24, 2.45) is 0 Å². The SMILES string of the molecule is O=C(NCC=Cc1cc2c(cc1Cl)OCO2)OCc1ccccc1. The van der Waals surface area contributed by atoms with E-state index in [0.717, 1.165) is 11.1 Å². The molecule has 0 spiro atoms. The predicted molar refractivity (Wildman–Crippen MR) is 91.2 cm³/mol. The maximum absolute atomic E-state index is 11.6. The lowest BCUT2D eigenvalue weighted by Crippen LogP contribution is -2.24. The number of ether oxygens (including phenoxy) is 3. The molecule has 24 heavy (non-hydrogen) atoms. The number of carbonyl (C=O) groups is 1. The van der Waals surface area contributed by atoms with Gasteiger partial charge in [0.15, 0.2) is 11.5 Å². The van der Waals surface area contributed by atoms with Gasteiger partial charge in [0.25, 0.3) is 0 Å². The van der Waals surface area contributed by atoms with Crippen molar-refractivity contribution < 1.29 is 19.0 Å². The van der Waals surface area contributed by atoms with E-state index in [-0.39, 0.29) is 13.4 Å². The van der Waals surface area contributed by atoms with Crippen LogP contribution in [0.4, 0.5) is 4.79 Å². The van der Waals surface area contributed by atoms with Gasteiger partial charge in [-0.3, -0.25) is 0 Å². The third-order valence-corrected chi connectivity index (χ3v) is 3.69. The zero-order valence-electron chi connectivity index (χ0n) is 12.8. The lowest BCUT2D eigenvalue weighted by Gasteiger charge is -2.05. The summed E-state index contributed by atoms with van der Waals surface area (Å²) in [5, 5.41) is 3.21. The standard InChI is InChI=1S/C18H16ClNO4/c19-15-10-17-16(23-12-24-17)9-14(15)7-4-8-20-18(21)22-11-13-5-2-1-3-6-13/h1-7,9-10H,8,11-12H2,(H,20,21). The Morgan fingerprint density at radius 3 is 2.75 bits per heavy atom. The second-order valence-electron chi connectivity index (χ2n) is 5.07. The van der Waals surface area contributed by atoms with Gasteiger partial charge in [0.1, 0.15) is 6.61 Å². The number of alkyl carbamates (subject to hydrolysis) is 1. The smallest absolute Gasteiger partial charge is 0.407 e. The van der Waals surface area contributed by atoms with Gasteiger partial charge in [0.05, 0.1) is 5.02 Å². The summed E-state index contributed by atoms with van der Waals surface area (Å²) in [6.45, 7) is 0.774. The highest BCUT2D eigenvalue weighted by Gasteiger charge is 2.15. The van der Waals surface area contributed by atoms with Gasteiger partial charge in [-0.25, -0.2) is 4.79 Å². The number of nitrogens with one attached hydrogen (secondary N) is 1.